The minimum Gasteiger partial charge on any atom is -0.494 e. The Hall–Kier alpha value is -1.88. The molecule has 1 N–H and O–H groups in total. The van der Waals surface area contributed by atoms with Crippen LogP contribution in [0.1, 0.15) is 41.8 Å². The Morgan fingerprint density at radius 3 is 3.04 bits per heavy atom. The van der Waals surface area contributed by atoms with Gasteiger partial charge in [0, 0.05) is 11.3 Å². The first-order chi connectivity index (χ1) is 11.2. The first-order valence-corrected chi connectivity index (χ1v) is 9.00. The maximum atomic E-state index is 12.0. The van der Waals surface area contributed by atoms with Gasteiger partial charge in [-0.25, -0.2) is 4.98 Å². The van der Waals surface area contributed by atoms with E-state index < -0.39 is 0 Å². The largest absolute Gasteiger partial charge is 0.494 e. The molecule has 5 heteroatoms. The molecule has 1 amide bonds. The van der Waals surface area contributed by atoms with Crippen molar-refractivity contribution in [3.8, 4) is 5.75 Å². The summed E-state index contributed by atoms with van der Waals surface area (Å²) in [5.74, 6) is 0.877. The molecule has 3 rings (SSSR count). The second-order valence-electron chi connectivity index (χ2n) is 5.91. The fourth-order valence-corrected chi connectivity index (χ4v) is 3.78. The predicted molar refractivity (Wildman–Crippen MR) is 93.3 cm³/mol. The Morgan fingerprint density at radius 2 is 2.22 bits per heavy atom. The summed E-state index contributed by atoms with van der Waals surface area (Å²) in [5.41, 5.74) is 2.35. The van der Waals surface area contributed by atoms with Crippen LogP contribution in [0.3, 0.4) is 0 Å². The number of anilines is 1. The molecule has 1 aliphatic rings. The second-order valence-corrected chi connectivity index (χ2v) is 7.00. The summed E-state index contributed by atoms with van der Waals surface area (Å²) < 4.78 is 5.66. The maximum absolute atomic E-state index is 12.0. The lowest BCUT2D eigenvalue weighted by atomic mass is 10.0. The van der Waals surface area contributed by atoms with Gasteiger partial charge in [0.2, 0.25) is 5.91 Å². The zero-order chi connectivity index (χ0) is 16.1. The molecule has 0 radical (unpaired) electrons. The average molecular weight is 330 g/mol. The molecule has 0 saturated carbocycles. The fourth-order valence-electron chi connectivity index (χ4n) is 2.72. The molecule has 1 aromatic carbocycles. The van der Waals surface area contributed by atoms with E-state index >= 15 is 0 Å². The van der Waals surface area contributed by atoms with Crippen molar-refractivity contribution < 1.29 is 9.53 Å². The van der Waals surface area contributed by atoms with Gasteiger partial charge in [-0.15, -0.1) is 11.3 Å². The van der Waals surface area contributed by atoms with E-state index in [-0.39, 0.29) is 5.91 Å². The van der Waals surface area contributed by atoms with Crippen LogP contribution in [0.5, 0.6) is 5.75 Å². The lowest BCUT2D eigenvalue weighted by Gasteiger charge is -2.06. The van der Waals surface area contributed by atoms with E-state index in [1.165, 1.54) is 29.0 Å². The monoisotopic (exact) mass is 330 g/mol. The Balaban J connectivity index is 1.40. The Bertz CT molecular complexity index is 658. The lowest BCUT2D eigenvalue weighted by molar-refractivity contribution is -0.116. The van der Waals surface area contributed by atoms with Crippen LogP contribution in [0.25, 0.3) is 0 Å². The summed E-state index contributed by atoms with van der Waals surface area (Å²) in [6.45, 7) is 2.58. The van der Waals surface area contributed by atoms with Gasteiger partial charge in [-0.3, -0.25) is 4.79 Å². The number of ether oxygens (including phenoxy) is 1. The number of fused-ring (bicyclic) bond motifs is 1. The third-order valence-electron chi connectivity index (χ3n) is 3.90. The average Bonchev–Trinajstić information content (AvgIpc) is 2.94. The van der Waals surface area contributed by atoms with E-state index in [0.717, 1.165) is 23.7 Å². The molecule has 2 aromatic rings. The molecule has 0 fully saturated rings. The molecule has 0 atom stereocenters. The molecule has 4 nitrogen and oxygen atoms in total. The number of carbonyl (C=O) groups is 1. The summed E-state index contributed by atoms with van der Waals surface area (Å²) in [4.78, 5) is 17.9. The number of amides is 1. The maximum Gasteiger partial charge on any atom is 0.226 e. The van der Waals surface area contributed by atoms with Crippen molar-refractivity contribution in [1.29, 1.82) is 0 Å². The minimum atomic E-state index is 0.0175. The molecule has 122 valence electrons. The number of rotatable bonds is 6. The number of aryl methyl sites for hydroxylation is 3. The summed E-state index contributed by atoms with van der Waals surface area (Å²) in [7, 11) is 0. The van der Waals surface area contributed by atoms with Crippen LogP contribution < -0.4 is 10.1 Å². The molecule has 1 aromatic heterocycles. The number of nitrogens with one attached hydrogen (secondary N) is 1. The van der Waals surface area contributed by atoms with Crippen LogP contribution in [0.2, 0.25) is 0 Å². The number of benzene rings is 1. The summed E-state index contributed by atoms with van der Waals surface area (Å²) >= 11 is 1.63. The van der Waals surface area contributed by atoms with E-state index in [2.05, 4.69) is 10.3 Å². The van der Waals surface area contributed by atoms with Crippen molar-refractivity contribution >= 4 is 22.4 Å². The van der Waals surface area contributed by atoms with Crippen LogP contribution in [0.15, 0.2) is 24.3 Å². The first-order valence-electron chi connectivity index (χ1n) is 8.18. The third kappa shape index (κ3) is 4.55. The van der Waals surface area contributed by atoms with E-state index in [4.69, 9.17) is 4.74 Å². The van der Waals surface area contributed by atoms with Gasteiger partial charge in [-0.05, 0) is 56.7 Å². The van der Waals surface area contributed by atoms with E-state index in [1.54, 1.807) is 11.3 Å². The number of aromatic nitrogens is 1. The normalized spacial score (nSPS) is 13.4. The van der Waals surface area contributed by atoms with Gasteiger partial charge >= 0.3 is 0 Å². The van der Waals surface area contributed by atoms with Crippen LogP contribution in [0.4, 0.5) is 5.13 Å². The zero-order valence-electron chi connectivity index (χ0n) is 13.4. The molecule has 0 aliphatic heterocycles. The number of carbonyl (C=O) groups excluding carboxylic acids is 1. The van der Waals surface area contributed by atoms with Gasteiger partial charge in [0.25, 0.3) is 0 Å². The van der Waals surface area contributed by atoms with Crippen molar-refractivity contribution in [1.82, 2.24) is 4.98 Å². The summed E-state index contributed by atoms with van der Waals surface area (Å²) in [6.07, 6.45) is 5.75. The van der Waals surface area contributed by atoms with Gasteiger partial charge in [0.05, 0.1) is 12.3 Å². The quantitative estimate of drug-likeness (QED) is 0.810. The van der Waals surface area contributed by atoms with Crippen molar-refractivity contribution in [2.24, 2.45) is 0 Å². The number of thiazole rings is 1. The number of hydrogen-bond acceptors (Lipinski definition) is 4. The van der Waals surface area contributed by atoms with E-state index in [9.17, 15) is 4.79 Å². The van der Waals surface area contributed by atoms with Gasteiger partial charge in [0.15, 0.2) is 5.13 Å². The molecule has 0 bridgehead atoms. The highest BCUT2D eigenvalue weighted by molar-refractivity contribution is 7.15. The minimum absolute atomic E-state index is 0.0175. The van der Waals surface area contributed by atoms with E-state index in [0.29, 0.717) is 19.4 Å². The molecule has 0 unspecified atom stereocenters. The SMILES string of the molecule is Cc1cccc(OCCCC(=O)Nc2nc3c(s2)CCCC3)c1. The van der Waals surface area contributed by atoms with Crippen molar-refractivity contribution in [2.45, 2.75) is 45.4 Å². The van der Waals surface area contributed by atoms with Gasteiger partial charge < -0.3 is 10.1 Å². The van der Waals surface area contributed by atoms with Crippen LogP contribution in [-0.2, 0) is 17.6 Å². The summed E-state index contributed by atoms with van der Waals surface area (Å²) in [6, 6.07) is 7.95. The lowest BCUT2D eigenvalue weighted by Crippen LogP contribution is -2.12. The molecule has 0 spiro atoms. The Kier molecular flexibility index (Phi) is 5.28. The predicted octanol–water partition coefficient (Wildman–Crippen LogP) is 4.13. The molecule has 23 heavy (non-hydrogen) atoms. The smallest absolute Gasteiger partial charge is 0.226 e. The standard InChI is InChI=1S/C18H22N2O2S/c1-13-6-4-7-14(12-13)22-11-5-10-17(21)20-18-19-15-8-2-3-9-16(15)23-18/h4,6-7,12H,2-3,5,8-11H2,1H3,(H,19,20,21). The molecule has 1 aliphatic carbocycles. The van der Waals surface area contributed by atoms with Crippen LogP contribution in [-0.4, -0.2) is 17.5 Å². The van der Waals surface area contributed by atoms with Crippen molar-refractivity contribution in [3.05, 3.63) is 40.4 Å². The van der Waals surface area contributed by atoms with Crippen molar-refractivity contribution in [2.75, 3.05) is 11.9 Å². The zero-order valence-corrected chi connectivity index (χ0v) is 14.2. The van der Waals surface area contributed by atoms with Crippen LogP contribution in [0, 0.1) is 6.92 Å². The number of nitrogens with zero attached hydrogens (tertiary/aromatic N) is 1. The summed E-state index contributed by atoms with van der Waals surface area (Å²) in [5, 5.41) is 3.67. The van der Waals surface area contributed by atoms with Gasteiger partial charge in [0.1, 0.15) is 5.75 Å². The highest BCUT2D eigenvalue weighted by Crippen LogP contribution is 2.29. The molecular weight excluding hydrogens is 308 g/mol. The highest BCUT2D eigenvalue weighted by atomic mass is 32.1. The topological polar surface area (TPSA) is 51.2 Å². The van der Waals surface area contributed by atoms with Gasteiger partial charge in [-0.2, -0.15) is 0 Å². The number of hydrogen-bond donors (Lipinski definition) is 1. The first kappa shape index (κ1) is 16.0. The molecule has 0 saturated heterocycles. The Labute approximate surface area is 140 Å². The second kappa shape index (κ2) is 7.59. The Morgan fingerprint density at radius 1 is 1.35 bits per heavy atom. The fraction of sp³-hybridized carbons (Fsp3) is 0.444. The third-order valence-corrected chi connectivity index (χ3v) is 4.97. The van der Waals surface area contributed by atoms with E-state index in [1.807, 2.05) is 31.2 Å². The van der Waals surface area contributed by atoms with Crippen LogP contribution >= 0.6 is 11.3 Å². The highest BCUT2D eigenvalue weighted by Gasteiger charge is 2.16. The molecule has 1 heterocycles. The van der Waals surface area contributed by atoms with Crippen molar-refractivity contribution in [3.63, 3.8) is 0 Å². The molecular formula is C18H22N2O2S. The van der Waals surface area contributed by atoms with Gasteiger partial charge in [-0.1, -0.05) is 12.1 Å².